The quantitative estimate of drug-likeness (QED) is 0.891. The Morgan fingerprint density at radius 2 is 1.89 bits per heavy atom. The fraction of sp³-hybridized carbons (Fsp3) is 0.438. The number of pyridine rings is 1. The summed E-state index contributed by atoms with van der Waals surface area (Å²) >= 11 is 0. The first kappa shape index (κ1) is 13.8. The van der Waals surface area contributed by atoms with E-state index in [2.05, 4.69) is 30.2 Å². The van der Waals surface area contributed by atoms with Crippen LogP contribution in [0.2, 0.25) is 0 Å². The minimum atomic E-state index is 0.138. The maximum Gasteiger partial charge on any atom is 0.214 e. The lowest BCUT2D eigenvalue weighted by Crippen LogP contribution is -2.22. The Morgan fingerprint density at radius 1 is 1.16 bits per heavy atom. The molecule has 1 heterocycles. The number of nitrogens with zero attached hydrogens (tertiary/aromatic N) is 1. The summed E-state index contributed by atoms with van der Waals surface area (Å²) in [6, 6.07) is 10.7. The maximum absolute atomic E-state index is 5.73. The lowest BCUT2D eigenvalue weighted by atomic mass is 10.1. The number of hydrogen-bond acceptors (Lipinski definition) is 3. The molecule has 0 fully saturated rings. The Kier molecular flexibility index (Phi) is 4.38. The van der Waals surface area contributed by atoms with Crippen molar-refractivity contribution in [3.05, 3.63) is 35.9 Å². The van der Waals surface area contributed by atoms with Gasteiger partial charge in [0.25, 0.3) is 0 Å². The topological polar surface area (TPSA) is 34.1 Å². The average Bonchev–Trinajstić information content (AvgIpc) is 2.35. The first-order valence-corrected chi connectivity index (χ1v) is 6.85. The van der Waals surface area contributed by atoms with E-state index in [4.69, 9.17) is 4.74 Å². The summed E-state index contributed by atoms with van der Waals surface area (Å²) in [5.74, 6) is 0.703. The number of ether oxygens (including phenoxy) is 1. The highest BCUT2D eigenvalue weighted by atomic mass is 16.5. The van der Waals surface area contributed by atoms with Crippen LogP contribution >= 0.6 is 0 Å². The molecular formula is C16H22N2O. The van der Waals surface area contributed by atoms with Crippen LogP contribution in [-0.4, -0.2) is 17.1 Å². The third-order valence-electron chi connectivity index (χ3n) is 2.84. The fourth-order valence-corrected chi connectivity index (χ4v) is 1.98. The number of rotatable bonds is 5. The lowest BCUT2D eigenvalue weighted by molar-refractivity contribution is 0.233. The summed E-state index contributed by atoms with van der Waals surface area (Å²) in [5, 5.41) is 4.64. The third kappa shape index (κ3) is 3.67. The van der Waals surface area contributed by atoms with Gasteiger partial charge in [0.2, 0.25) is 5.88 Å². The zero-order chi connectivity index (χ0) is 13.8. The van der Waals surface area contributed by atoms with Crippen molar-refractivity contribution in [2.24, 2.45) is 0 Å². The molecule has 0 saturated carbocycles. The molecule has 102 valence electrons. The van der Waals surface area contributed by atoms with E-state index in [0.29, 0.717) is 11.9 Å². The number of nitrogens with one attached hydrogen (secondary N) is 1. The third-order valence-corrected chi connectivity index (χ3v) is 2.84. The summed E-state index contributed by atoms with van der Waals surface area (Å²) in [6.45, 7) is 9.16. The van der Waals surface area contributed by atoms with Crippen molar-refractivity contribution in [2.75, 3.05) is 0 Å². The van der Waals surface area contributed by atoms with Crippen LogP contribution in [-0.2, 0) is 6.54 Å². The van der Waals surface area contributed by atoms with E-state index < -0.39 is 0 Å². The molecule has 3 heteroatoms. The van der Waals surface area contributed by atoms with Crippen LogP contribution in [0.25, 0.3) is 10.9 Å². The molecule has 2 rings (SSSR count). The molecular weight excluding hydrogens is 236 g/mol. The molecule has 3 nitrogen and oxygen atoms in total. The minimum Gasteiger partial charge on any atom is -0.475 e. The van der Waals surface area contributed by atoms with Crippen molar-refractivity contribution in [1.29, 1.82) is 0 Å². The van der Waals surface area contributed by atoms with E-state index in [-0.39, 0.29) is 6.10 Å². The van der Waals surface area contributed by atoms with Gasteiger partial charge in [0.05, 0.1) is 11.6 Å². The van der Waals surface area contributed by atoms with Gasteiger partial charge in [-0.3, -0.25) is 0 Å². The Labute approximate surface area is 115 Å². The van der Waals surface area contributed by atoms with Crippen LogP contribution < -0.4 is 10.1 Å². The summed E-state index contributed by atoms with van der Waals surface area (Å²) in [5.41, 5.74) is 2.22. The largest absolute Gasteiger partial charge is 0.475 e. The van der Waals surface area contributed by atoms with Gasteiger partial charge in [0.15, 0.2) is 0 Å². The van der Waals surface area contributed by atoms with Crippen LogP contribution in [0, 0.1) is 0 Å². The smallest absolute Gasteiger partial charge is 0.214 e. The van der Waals surface area contributed by atoms with Gasteiger partial charge in [-0.25, -0.2) is 4.98 Å². The van der Waals surface area contributed by atoms with Gasteiger partial charge in [0, 0.05) is 24.0 Å². The summed E-state index contributed by atoms with van der Waals surface area (Å²) in [7, 11) is 0. The second kappa shape index (κ2) is 6.02. The van der Waals surface area contributed by atoms with Gasteiger partial charge < -0.3 is 10.1 Å². The monoisotopic (exact) mass is 258 g/mol. The highest BCUT2D eigenvalue weighted by Gasteiger charge is 2.08. The molecule has 2 aromatic rings. The molecule has 0 aliphatic rings. The molecule has 0 aliphatic carbocycles. The summed E-state index contributed by atoms with van der Waals surface area (Å²) in [4.78, 5) is 4.55. The number of aromatic nitrogens is 1. The van der Waals surface area contributed by atoms with Gasteiger partial charge in [-0.2, -0.15) is 0 Å². The van der Waals surface area contributed by atoms with Crippen LogP contribution in [0.1, 0.15) is 33.3 Å². The van der Waals surface area contributed by atoms with Crippen molar-refractivity contribution >= 4 is 10.9 Å². The van der Waals surface area contributed by atoms with Crippen molar-refractivity contribution in [3.63, 3.8) is 0 Å². The maximum atomic E-state index is 5.73. The number of fused-ring (bicyclic) bond motifs is 1. The second-order valence-electron chi connectivity index (χ2n) is 5.34. The fourth-order valence-electron chi connectivity index (χ4n) is 1.98. The first-order chi connectivity index (χ1) is 9.06. The van der Waals surface area contributed by atoms with Gasteiger partial charge in [-0.15, -0.1) is 0 Å². The standard InChI is InChI=1S/C16H22N2O/c1-11(2)17-10-13-9-16(19-12(3)4)18-15-8-6-5-7-14(13)15/h5-9,11-12,17H,10H2,1-4H3. The lowest BCUT2D eigenvalue weighted by Gasteiger charge is -2.14. The van der Waals surface area contributed by atoms with E-state index in [1.54, 1.807) is 0 Å². The Hall–Kier alpha value is -1.61. The van der Waals surface area contributed by atoms with Crippen molar-refractivity contribution in [3.8, 4) is 5.88 Å². The van der Waals surface area contributed by atoms with Crippen LogP contribution in [0.15, 0.2) is 30.3 Å². The molecule has 0 atom stereocenters. The van der Waals surface area contributed by atoms with E-state index in [1.165, 1.54) is 10.9 Å². The van der Waals surface area contributed by atoms with Crippen molar-refractivity contribution in [1.82, 2.24) is 10.3 Å². The van der Waals surface area contributed by atoms with E-state index in [0.717, 1.165) is 12.1 Å². The van der Waals surface area contributed by atoms with Crippen molar-refractivity contribution in [2.45, 2.75) is 46.4 Å². The molecule has 0 amide bonds. The second-order valence-corrected chi connectivity index (χ2v) is 5.34. The highest BCUT2D eigenvalue weighted by molar-refractivity contribution is 5.82. The molecule has 1 aromatic carbocycles. The molecule has 0 unspecified atom stereocenters. The number of benzene rings is 1. The summed E-state index contributed by atoms with van der Waals surface area (Å²) in [6.07, 6.45) is 0.138. The van der Waals surface area contributed by atoms with Crippen LogP contribution in [0.4, 0.5) is 0 Å². The normalized spacial score (nSPS) is 11.5. The highest BCUT2D eigenvalue weighted by Crippen LogP contribution is 2.22. The molecule has 1 aromatic heterocycles. The van der Waals surface area contributed by atoms with E-state index in [1.807, 2.05) is 38.1 Å². The van der Waals surface area contributed by atoms with Crippen LogP contribution in [0.5, 0.6) is 5.88 Å². The van der Waals surface area contributed by atoms with Gasteiger partial charge >= 0.3 is 0 Å². The SMILES string of the molecule is CC(C)NCc1cc(OC(C)C)nc2ccccc12. The van der Waals surface area contributed by atoms with E-state index >= 15 is 0 Å². The Balaban J connectivity index is 2.39. The number of hydrogen-bond donors (Lipinski definition) is 1. The predicted octanol–water partition coefficient (Wildman–Crippen LogP) is 3.52. The summed E-state index contributed by atoms with van der Waals surface area (Å²) < 4.78 is 5.73. The molecule has 0 bridgehead atoms. The van der Waals surface area contributed by atoms with Gasteiger partial charge in [-0.05, 0) is 25.5 Å². The predicted molar refractivity (Wildman–Crippen MR) is 79.5 cm³/mol. The van der Waals surface area contributed by atoms with Crippen LogP contribution in [0.3, 0.4) is 0 Å². The van der Waals surface area contributed by atoms with E-state index in [9.17, 15) is 0 Å². The first-order valence-electron chi connectivity index (χ1n) is 6.85. The number of para-hydroxylation sites is 1. The molecule has 19 heavy (non-hydrogen) atoms. The average molecular weight is 258 g/mol. The Morgan fingerprint density at radius 3 is 2.58 bits per heavy atom. The zero-order valence-corrected chi connectivity index (χ0v) is 12.1. The minimum absolute atomic E-state index is 0.138. The Bertz CT molecular complexity index is 549. The van der Waals surface area contributed by atoms with Gasteiger partial charge in [0.1, 0.15) is 0 Å². The molecule has 0 saturated heterocycles. The molecule has 1 N–H and O–H groups in total. The molecule has 0 spiro atoms. The molecule has 0 radical (unpaired) electrons. The zero-order valence-electron chi connectivity index (χ0n) is 12.1. The van der Waals surface area contributed by atoms with Crippen molar-refractivity contribution < 1.29 is 4.74 Å². The van der Waals surface area contributed by atoms with Gasteiger partial charge in [-0.1, -0.05) is 32.0 Å². The molecule has 0 aliphatic heterocycles.